The number of anilines is 3. The fourth-order valence-corrected chi connectivity index (χ4v) is 4.09. The summed E-state index contributed by atoms with van der Waals surface area (Å²) >= 11 is 0. The van der Waals surface area contributed by atoms with Crippen LogP contribution in [0.3, 0.4) is 0 Å². The van der Waals surface area contributed by atoms with Crippen molar-refractivity contribution >= 4 is 17.2 Å². The van der Waals surface area contributed by atoms with Gasteiger partial charge in [0.05, 0.1) is 17.6 Å². The molecule has 0 amide bonds. The van der Waals surface area contributed by atoms with Crippen LogP contribution in [0.1, 0.15) is 27.7 Å². The lowest BCUT2D eigenvalue weighted by molar-refractivity contribution is 0.302. The molecule has 2 rings (SSSR count). The molecule has 0 radical (unpaired) electrons. The lowest BCUT2D eigenvalue weighted by Gasteiger charge is -2.38. The molecule has 0 saturated heterocycles. The first-order valence-corrected chi connectivity index (χ1v) is 12.2. The predicted molar refractivity (Wildman–Crippen MR) is 134 cm³/mol. The number of nitrogen functional groups attached to an aromatic ring is 1. The molecule has 1 aromatic heterocycles. The third-order valence-electron chi connectivity index (χ3n) is 6.26. The number of fused-ring (bicyclic) bond motifs is 1. The van der Waals surface area contributed by atoms with Crippen molar-refractivity contribution in [3.05, 3.63) is 12.3 Å². The molecule has 1 aliphatic rings. The molecule has 2 heterocycles. The van der Waals surface area contributed by atoms with Crippen LogP contribution < -0.4 is 26.2 Å². The van der Waals surface area contributed by atoms with Crippen molar-refractivity contribution in [2.24, 2.45) is 0 Å². The van der Waals surface area contributed by atoms with E-state index in [0.717, 1.165) is 103 Å². The number of nitrogens with one attached hydrogen (secondary N) is 2. The van der Waals surface area contributed by atoms with E-state index in [0.29, 0.717) is 0 Å². The Hall–Kier alpha value is -1.61. The Morgan fingerprint density at radius 1 is 0.839 bits per heavy atom. The van der Waals surface area contributed by atoms with Gasteiger partial charge in [0, 0.05) is 65.4 Å². The molecule has 0 fully saturated rings. The summed E-state index contributed by atoms with van der Waals surface area (Å²) in [6.45, 7) is 23.5. The van der Waals surface area contributed by atoms with Gasteiger partial charge >= 0.3 is 0 Å². The molecule has 0 spiro atoms. The van der Waals surface area contributed by atoms with Crippen LogP contribution >= 0.6 is 0 Å². The van der Waals surface area contributed by atoms with Gasteiger partial charge in [0.1, 0.15) is 0 Å². The summed E-state index contributed by atoms with van der Waals surface area (Å²) in [7, 11) is 0. The first-order chi connectivity index (χ1) is 15.1. The van der Waals surface area contributed by atoms with Gasteiger partial charge in [-0.05, 0) is 32.2 Å². The van der Waals surface area contributed by atoms with Crippen molar-refractivity contribution in [1.82, 2.24) is 25.4 Å². The largest absolute Gasteiger partial charge is 0.397 e. The molecule has 31 heavy (non-hydrogen) atoms. The Morgan fingerprint density at radius 2 is 1.35 bits per heavy atom. The Labute approximate surface area is 190 Å². The Morgan fingerprint density at radius 3 is 1.90 bits per heavy atom. The molecule has 0 aliphatic carbocycles. The van der Waals surface area contributed by atoms with Gasteiger partial charge in [-0.25, -0.2) is 4.98 Å². The summed E-state index contributed by atoms with van der Waals surface area (Å²) in [6.07, 6.45) is 1.78. The minimum atomic E-state index is 0.734. The number of hydrogen-bond donors (Lipinski definition) is 3. The molecule has 8 heteroatoms. The van der Waals surface area contributed by atoms with E-state index in [1.54, 1.807) is 6.20 Å². The van der Waals surface area contributed by atoms with Crippen molar-refractivity contribution in [3.63, 3.8) is 0 Å². The highest BCUT2D eigenvalue weighted by atomic mass is 15.3. The molecule has 0 aromatic carbocycles. The summed E-state index contributed by atoms with van der Waals surface area (Å²) in [4.78, 5) is 14.4. The Balaban J connectivity index is 1.80. The molecule has 8 nitrogen and oxygen atoms in total. The molecule has 0 bridgehead atoms. The summed E-state index contributed by atoms with van der Waals surface area (Å²) in [5.41, 5.74) is 7.98. The van der Waals surface area contributed by atoms with E-state index < -0.39 is 0 Å². The average molecular weight is 435 g/mol. The van der Waals surface area contributed by atoms with E-state index in [9.17, 15) is 0 Å². The van der Waals surface area contributed by atoms with E-state index in [4.69, 9.17) is 10.7 Å². The standard InChI is InChI=1S/C23H46N8/c1-5-28(6-2)13-9-25-11-15-30-17-18-31(23-22(30)19-21(24)20-27-23)16-12-26-10-14-29(7-3)8-4/h19-20,25-26H,5-18,24H2,1-4H3. The maximum Gasteiger partial charge on any atom is 0.152 e. The normalized spacial score (nSPS) is 14.0. The quantitative estimate of drug-likeness (QED) is 0.335. The number of likely N-dealkylation sites (N-methyl/N-ethyl adjacent to an activating group) is 2. The van der Waals surface area contributed by atoms with E-state index in [-0.39, 0.29) is 0 Å². The average Bonchev–Trinajstić information content (AvgIpc) is 2.79. The number of nitrogens with zero attached hydrogens (tertiary/aromatic N) is 5. The van der Waals surface area contributed by atoms with E-state index in [1.807, 2.05) is 0 Å². The maximum absolute atomic E-state index is 6.08. The van der Waals surface area contributed by atoms with Crippen molar-refractivity contribution in [3.8, 4) is 0 Å². The van der Waals surface area contributed by atoms with Gasteiger partial charge < -0.3 is 36.0 Å². The SMILES string of the molecule is CCN(CC)CCNCCN1CCN(CCNCCN(CC)CC)c2ncc(N)cc21. The predicted octanol–water partition coefficient (Wildman–Crippen LogP) is 1.15. The zero-order chi connectivity index (χ0) is 22.5. The third kappa shape index (κ3) is 8.44. The first-order valence-electron chi connectivity index (χ1n) is 12.2. The van der Waals surface area contributed by atoms with Crippen molar-refractivity contribution < 1.29 is 0 Å². The molecule has 0 atom stereocenters. The van der Waals surface area contributed by atoms with Crippen molar-refractivity contribution in [2.45, 2.75) is 27.7 Å². The highest BCUT2D eigenvalue weighted by molar-refractivity contribution is 5.72. The van der Waals surface area contributed by atoms with Crippen LogP contribution in [-0.4, -0.2) is 106 Å². The molecular formula is C23H46N8. The van der Waals surface area contributed by atoms with Gasteiger partial charge in [0.25, 0.3) is 0 Å². The van der Waals surface area contributed by atoms with E-state index in [1.165, 1.54) is 5.69 Å². The summed E-state index contributed by atoms with van der Waals surface area (Å²) in [5, 5.41) is 7.18. The van der Waals surface area contributed by atoms with Crippen LogP contribution in [0.4, 0.5) is 17.2 Å². The fraction of sp³-hybridized carbons (Fsp3) is 0.783. The van der Waals surface area contributed by atoms with Gasteiger partial charge in [-0.2, -0.15) is 0 Å². The molecule has 1 aliphatic heterocycles. The van der Waals surface area contributed by atoms with Crippen LogP contribution in [0.2, 0.25) is 0 Å². The summed E-state index contributed by atoms with van der Waals surface area (Å²) < 4.78 is 0. The van der Waals surface area contributed by atoms with E-state index in [2.05, 4.69) is 64.0 Å². The third-order valence-corrected chi connectivity index (χ3v) is 6.26. The monoisotopic (exact) mass is 434 g/mol. The molecular weight excluding hydrogens is 388 g/mol. The summed E-state index contributed by atoms with van der Waals surface area (Å²) in [6, 6.07) is 2.08. The van der Waals surface area contributed by atoms with E-state index >= 15 is 0 Å². The number of pyridine rings is 1. The van der Waals surface area contributed by atoms with Crippen LogP contribution in [0.5, 0.6) is 0 Å². The number of nitrogens with two attached hydrogens (primary N) is 1. The lowest BCUT2D eigenvalue weighted by Crippen LogP contribution is -2.46. The van der Waals surface area contributed by atoms with Gasteiger partial charge in [-0.15, -0.1) is 0 Å². The van der Waals surface area contributed by atoms with Crippen LogP contribution in [0.15, 0.2) is 12.3 Å². The van der Waals surface area contributed by atoms with Crippen molar-refractivity contribution in [2.75, 3.05) is 107 Å². The van der Waals surface area contributed by atoms with Crippen LogP contribution in [0.25, 0.3) is 0 Å². The zero-order valence-corrected chi connectivity index (χ0v) is 20.4. The van der Waals surface area contributed by atoms with Gasteiger partial charge in [-0.3, -0.25) is 0 Å². The minimum Gasteiger partial charge on any atom is -0.397 e. The highest BCUT2D eigenvalue weighted by Gasteiger charge is 2.23. The molecule has 178 valence electrons. The second-order valence-corrected chi connectivity index (χ2v) is 8.14. The van der Waals surface area contributed by atoms with Crippen LogP contribution in [0, 0.1) is 0 Å². The molecule has 4 N–H and O–H groups in total. The smallest absolute Gasteiger partial charge is 0.152 e. The first kappa shape index (κ1) is 25.6. The highest BCUT2D eigenvalue weighted by Crippen LogP contribution is 2.31. The molecule has 0 saturated carbocycles. The fourth-order valence-electron chi connectivity index (χ4n) is 4.09. The maximum atomic E-state index is 6.08. The van der Waals surface area contributed by atoms with Crippen LogP contribution in [-0.2, 0) is 0 Å². The Kier molecular flexibility index (Phi) is 12.0. The van der Waals surface area contributed by atoms with Gasteiger partial charge in [0.15, 0.2) is 5.82 Å². The lowest BCUT2D eigenvalue weighted by atomic mass is 10.2. The Bertz CT molecular complexity index is 603. The van der Waals surface area contributed by atoms with Gasteiger partial charge in [0.2, 0.25) is 0 Å². The topological polar surface area (TPSA) is 75.9 Å². The number of rotatable bonds is 16. The zero-order valence-electron chi connectivity index (χ0n) is 20.4. The van der Waals surface area contributed by atoms with Gasteiger partial charge in [-0.1, -0.05) is 27.7 Å². The second-order valence-electron chi connectivity index (χ2n) is 8.14. The second kappa shape index (κ2) is 14.5. The molecule has 0 unspecified atom stereocenters. The molecule has 1 aromatic rings. The minimum absolute atomic E-state index is 0.734. The van der Waals surface area contributed by atoms with Crippen molar-refractivity contribution in [1.29, 1.82) is 0 Å². The number of aromatic nitrogens is 1. The summed E-state index contributed by atoms with van der Waals surface area (Å²) in [5.74, 6) is 1.06. The number of hydrogen-bond acceptors (Lipinski definition) is 8.